The molecule has 0 amide bonds. The van der Waals surface area contributed by atoms with Crippen LogP contribution in [-0.2, 0) is 20.1 Å². The van der Waals surface area contributed by atoms with Gasteiger partial charge in [-0.3, -0.25) is 23.6 Å². The summed E-state index contributed by atoms with van der Waals surface area (Å²) in [7, 11) is 1.55. The molecule has 5 rings (SSSR count). The summed E-state index contributed by atoms with van der Waals surface area (Å²) in [5.74, 6) is -0.0502. The Labute approximate surface area is 197 Å². The van der Waals surface area contributed by atoms with E-state index in [1.54, 1.807) is 17.8 Å². The first-order valence-corrected chi connectivity index (χ1v) is 11.6. The van der Waals surface area contributed by atoms with Crippen LogP contribution in [-0.4, -0.2) is 25.1 Å². The molecule has 0 fully saturated rings. The van der Waals surface area contributed by atoms with E-state index in [2.05, 4.69) is 50.0 Å². The van der Waals surface area contributed by atoms with E-state index in [0.29, 0.717) is 30.5 Å². The summed E-state index contributed by atoms with van der Waals surface area (Å²) in [6, 6.07) is 14.5. The average molecular weight is 456 g/mol. The number of rotatable bonds is 4. The summed E-state index contributed by atoms with van der Waals surface area (Å²) in [5, 5.41) is 7.74. The third-order valence-electron chi connectivity index (χ3n) is 6.32. The van der Waals surface area contributed by atoms with Crippen molar-refractivity contribution in [2.75, 3.05) is 0 Å². The van der Waals surface area contributed by atoms with Gasteiger partial charge in [-0.05, 0) is 28.2 Å². The van der Waals surface area contributed by atoms with E-state index in [0.717, 1.165) is 22.0 Å². The number of fused-ring (bicyclic) bond motifs is 2. The van der Waals surface area contributed by atoms with Gasteiger partial charge in [0.05, 0.1) is 12.2 Å². The molecule has 34 heavy (non-hydrogen) atoms. The van der Waals surface area contributed by atoms with Crippen molar-refractivity contribution in [2.24, 2.45) is 17.5 Å². The van der Waals surface area contributed by atoms with Crippen LogP contribution >= 0.6 is 0 Å². The van der Waals surface area contributed by atoms with Crippen molar-refractivity contribution < 1.29 is 0 Å². The Morgan fingerprint density at radius 3 is 2.56 bits per heavy atom. The lowest BCUT2D eigenvalue weighted by molar-refractivity contribution is 0.337. The van der Waals surface area contributed by atoms with Crippen LogP contribution in [0.25, 0.3) is 21.8 Å². The van der Waals surface area contributed by atoms with E-state index in [-0.39, 0.29) is 22.6 Å². The highest BCUT2D eigenvalue weighted by molar-refractivity contribution is 5.86. The fraction of sp³-hybridized carbons (Fsp3) is 0.333. The van der Waals surface area contributed by atoms with Crippen molar-refractivity contribution in [3.63, 3.8) is 0 Å². The van der Waals surface area contributed by atoms with Gasteiger partial charge in [-0.1, -0.05) is 69.3 Å². The molecule has 4 aromatic rings. The van der Waals surface area contributed by atoms with Gasteiger partial charge in [0.2, 0.25) is 0 Å². The first-order valence-electron chi connectivity index (χ1n) is 11.6. The van der Waals surface area contributed by atoms with Crippen molar-refractivity contribution in [2.45, 2.75) is 46.2 Å². The maximum Gasteiger partial charge on any atom is 0.332 e. The van der Waals surface area contributed by atoms with Crippen LogP contribution < -0.4 is 11.2 Å². The number of aromatic nitrogens is 4. The van der Waals surface area contributed by atoms with Gasteiger partial charge in [-0.15, -0.1) is 0 Å². The van der Waals surface area contributed by atoms with E-state index in [1.807, 2.05) is 35.2 Å². The average Bonchev–Trinajstić information content (AvgIpc) is 3.20. The van der Waals surface area contributed by atoms with E-state index in [1.165, 1.54) is 4.57 Å². The predicted molar refractivity (Wildman–Crippen MR) is 137 cm³/mol. The van der Waals surface area contributed by atoms with Crippen molar-refractivity contribution in [3.8, 4) is 0 Å². The molecule has 1 unspecified atom stereocenters. The Kier molecular flexibility index (Phi) is 5.35. The van der Waals surface area contributed by atoms with Crippen molar-refractivity contribution in [1.82, 2.24) is 18.9 Å². The van der Waals surface area contributed by atoms with Gasteiger partial charge >= 0.3 is 5.69 Å². The van der Waals surface area contributed by atoms with Gasteiger partial charge in [-0.2, -0.15) is 5.10 Å². The standard InChI is InChI=1S/C27H29N5O2/c1-27(2,3)17-31-24-22(25(33)30(4)26(31)34)23(19-12-14-28-15-13-19)32(29-24)16-20-10-7-9-18-8-5-6-11-21(18)20/h5-12,14-15,19H,13,16-17H2,1-4H3. The smallest absolute Gasteiger partial charge is 0.275 e. The molecule has 0 aliphatic carbocycles. The molecular formula is C27H29N5O2. The third kappa shape index (κ3) is 3.81. The number of benzene rings is 2. The highest BCUT2D eigenvalue weighted by Crippen LogP contribution is 2.30. The minimum Gasteiger partial charge on any atom is -0.275 e. The molecule has 1 atom stereocenters. The molecule has 0 spiro atoms. The van der Waals surface area contributed by atoms with E-state index in [9.17, 15) is 9.59 Å². The number of hydrogen-bond donors (Lipinski definition) is 0. The number of hydrogen-bond acceptors (Lipinski definition) is 4. The Balaban J connectivity index is 1.80. The second kappa shape index (κ2) is 8.24. The first-order chi connectivity index (χ1) is 16.2. The maximum absolute atomic E-state index is 13.4. The number of allylic oxidation sites excluding steroid dienone is 1. The molecule has 1 aliphatic heterocycles. The predicted octanol–water partition coefficient (Wildman–Crippen LogP) is 4.22. The van der Waals surface area contributed by atoms with Crippen LogP contribution in [0.4, 0.5) is 0 Å². The molecule has 3 heterocycles. The molecular weight excluding hydrogens is 426 g/mol. The van der Waals surface area contributed by atoms with Crippen LogP contribution in [0.3, 0.4) is 0 Å². The summed E-state index contributed by atoms with van der Waals surface area (Å²) in [5.41, 5.74) is 1.59. The van der Waals surface area contributed by atoms with Crippen molar-refractivity contribution >= 4 is 28.0 Å². The largest absolute Gasteiger partial charge is 0.332 e. The zero-order valence-electron chi connectivity index (χ0n) is 20.0. The number of aliphatic imine (C=N–C) groups is 1. The Bertz CT molecular complexity index is 1570. The molecule has 0 saturated carbocycles. The van der Waals surface area contributed by atoms with Gasteiger partial charge in [0, 0.05) is 31.9 Å². The lowest BCUT2D eigenvalue weighted by atomic mass is 9.96. The highest BCUT2D eigenvalue weighted by Gasteiger charge is 2.27. The monoisotopic (exact) mass is 455 g/mol. The second-order valence-electron chi connectivity index (χ2n) is 10.2. The second-order valence-corrected chi connectivity index (χ2v) is 10.2. The topological polar surface area (TPSA) is 74.2 Å². The molecule has 7 nitrogen and oxygen atoms in total. The van der Waals surface area contributed by atoms with Gasteiger partial charge < -0.3 is 0 Å². The Morgan fingerprint density at radius 1 is 1.06 bits per heavy atom. The van der Waals surface area contributed by atoms with Crippen LogP contribution in [0.15, 0.2) is 69.3 Å². The molecule has 7 heteroatoms. The van der Waals surface area contributed by atoms with Gasteiger partial charge in [0.25, 0.3) is 5.56 Å². The fourth-order valence-corrected chi connectivity index (χ4v) is 4.76. The minimum absolute atomic E-state index is 0.0502. The molecule has 2 aromatic carbocycles. The van der Waals surface area contributed by atoms with Gasteiger partial charge in [-0.25, -0.2) is 4.79 Å². The Hall–Kier alpha value is -3.74. The molecule has 0 bridgehead atoms. The molecule has 2 aromatic heterocycles. The van der Waals surface area contributed by atoms with Crippen LogP contribution in [0.1, 0.15) is 44.4 Å². The maximum atomic E-state index is 13.4. The van der Waals surface area contributed by atoms with Gasteiger partial charge in [0.15, 0.2) is 5.65 Å². The molecule has 0 radical (unpaired) electrons. The van der Waals surface area contributed by atoms with E-state index < -0.39 is 0 Å². The fourth-order valence-electron chi connectivity index (χ4n) is 4.76. The molecule has 1 aliphatic rings. The lowest BCUT2D eigenvalue weighted by Crippen LogP contribution is -2.40. The zero-order chi connectivity index (χ0) is 24.0. The van der Waals surface area contributed by atoms with E-state index in [4.69, 9.17) is 5.10 Å². The van der Waals surface area contributed by atoms with Gasteiger partial charge in [0.1, 0.15) is 5.39 Å². The molecule has 174 valence electrons. The third-order valence-corrected chi connectivity index (χ3v) is 6.32. The summed E-state index contributed by atoms with van der Waals surface area (Å²) in [6.07, 6.45) is 6.31. The van der Waals surface area contributed by atoms with Crippen molar-refractivity contribution in [1.29, 1.82) is 0 Å². The highest BCUT2D eigenvalue weighted by atomic mass is 16.2. The van der Waals surface area contributed by atoms with E-state index >= 15 is 0 Å². The molecule has 0 saturated heterocycles. The normalized spacial score (nSPS) is 16.1. The summed E-state index contributed by atoms with van der Waals surface area (Å²) in [6.45, 7) is 7.18. The van der Waals surface area contributed by atoms with Crippen LogP contribution in [0, 0.1) is 5.41 Å². The number of nitrogens with zero attached hydrogens (tertiary/aromatic N) is 5. The minimum atomic E-state index is -0.338. The summed E-state index contributed by atoms with van der Waals surface area (Å²) >= 11 is 0. The first kappa shape index (κ1) is 22.1. The Morgan fingerprint density at radius 2 is 1.82 bits per heavy atom. The lowest BCUT2D eigenvalue weighted by Gasteiger charge is -2.20. The molecule has 0 N–H and O–H groups in total. The van der Waals surface area contributed by atoms with Crippen molar-refractivity contribution in [3.05, 3.63) is 86.8 Å². The SMILES string of the molecule is Cn1c(=O)c2c(C3C=CN=CC3)n(Cc3cccc4ccccc34)nc2n(CC(C)(C)C)c1=O. The summed E-state index contributed by atoms with van der Waals surface area (Å²) < 4.78 is 4.78. The van der Waals surface area contributed by atoms with Crippen LogP contribution in [0.5, 0.6) is 0 Å². The quantitative estimate of drug-likeness (QED) is 0.463. The zero-order valence-corrected chi connectivity index (χ0v) is 20.0. The summed E-state index contributed by atoms with van der Waals surface area (Å²) in [4.78, 5) is 30.8. The van der Waals surface area contributed by atoms with Crippen LogP contribution in [0.2, 0.25) is 0 Å².